The fourth-order valence-corrected chi connectivity index (χ4v) is 5.67. The molecule has 0 saturated heterocycles. The van der Waals surface area contributed by atoms with Gasteiger partial charge in [-0.3, -0.25) is 0 Å². The average Bonchev–Trinajstić information content (AvgIpc) is 2.47. The summed E-state index contributed by atoms with van der Waals surface area (Å²) < 4.78 is 17.8. The van der Waals surface area contributed by atoms with E-state index in [1.54, 1.807) is 20.8 Å². The monoisotopic (exact) mass is 534 g/mol. The maximum atomic E-state index is 12.3. The zero-order chi connectivity index (χ0) is 26.9. The van der Waals surface area contributed by atoms with Crippen LogP contribution in [0.5, 0.6) is 0 Å². The van der Waals surface area contributed by atoms with Crippen molar-refractivity contribution in [3.63, 3.8) is 0 Å². The second-order valence-electron chi connectivity index (χ2n) is 12.5. The summed E-state index contributed by atoms with van der Waals surface area (Å²) in [5.74, 6) is 1.02. The van der Waals surface area contributed by atoms with E-state index in [2.05, 4.69) is 0 Å². The summed E-state index contributed by atoms with van der Waals surface area (Å²) in [7, 11) is 0. The molecule has 0 spiro atoms. The Labute approximate surface area is 213 Å². The Hall–Kier alpha value is -1.73. The fourth-order valence-electron chi connectivity index (χ4n) is 3.03. The van der Waals surface area contributed by atoms with Crippen molar-refractivity contribution in [2.75, 3.05) is 0 Å². The van der Waals surface area contributed by atoms with E-state index in [1.807, 2.05) is 62.3 Å². The molecule has 192 valence electrons. The van der Waals surface area contributed by atoms with Gasteiger partial charge in [-0.15, -0.1) is 0 Å². The van der Waals surface area contributed by atoms with Crippen LogP contribution < -0.4 is 0 Å². The number of allylic oxidation sites excluding steroid dienone is 6. The van der Waals surface area contributed by atoms with Gasteiger partial charge in [0.1, 0.15) is 0 Å². The Morgan fingerprint density at radius 3 is 0.912 bits per heavy atom. The molecule has 0 fully saturated rings. The van der Waals surface area contributed by atoms with Gasteiger partial charge in [-0.2, -0.15) is 0 Å². The Bertz CT molecular complexity index is 704. The van der Waals surface area contributed by atoms with Crippen LogP contribution in [0.4, 0.5) is 0 Å². The standard InChI is InChI=1S/3C9H16O2.Ga/c3*1-7(10)5-8(11)6-9(2,3)4;/h3*5,10H,6H2,1-4H3;/q;;;+3/p-3/b3*7-5-;. The molecule has 0 aliphatic rings. The third kappa shape index (κ3) is 18.7. The van der Waals surface area contributed by atoms with E-state index in [0.717, 1.165) is 0 Å². The van der Waals surface area contributed by atoms with Gasteiger partial charge in [0.2, 0.25) is 0 Å². The van der Waals surface area contributed by atoms with Gasteiger partial charge in [-0.25, -0.2) is 0 Å². The van der Waals surface area contributed by atoms with E-state index in [9.17, 15) is 14.4 Å². The van der Waals surface area contributed by atoms with Crippen molar-refractivity contribution >= 4 is 34.7 Å². The number of ketones is 3. The van der Waals surface area contributed by atoms with Gasteiger partial charge in [0.05, 0.1) is 0 Å². The van der Waals surface area contributed by atoms with Gasteiger partial charge >= 0.3 is 214 Å². The minimum absolute atomic E-state index is 0.0496. The number of hydrogen-bond donors (Lipinski definition) is 0. The quantitative estimate of drug-likeness (QED) is 0.156. The molecule has 0 saturated carbocycles. The molecule has 0 heterocycles. The molecule has 7 heteroatoms. The van der Waals surface area contributed by atoms with Crippen LogP contribution in [-0.2, 0) is 25.0 Å². The molecule has 0 N–H and O–H groups in total. The van der Waals surface area contributed by atoms with Gasteiger partial charge < -0.3 is 0 Å². The number of rotatable bonds is 12. The third-order valence-corrected chi connectivity index (χ3v) is 7.60. The molecular formula is C27H45GaO6. The predicted molar refractivity (Wildman–Crippen MR) is 138 cm³/mol. The van der Waals surface area contributed by atoms with E-state index in [1.165, 1.54) is 18.2 Å². The summed E-state index contributed by atoms with van der Waals surface area (Å²) in [5, 5.41) is 0. The molecule has 34 heavy (non-hydrogen) atoms. The van der Waals surface area contributed by atoms with E-state index >= 15 is 0 Å². The first-order valence-corrected chi connectivity index (χ1v) is 14.8. The number of carbonyl (C=O) groups is 3. The molecule has 0 aromatic carbocycles. The molecular weight excluding hydrogens is 490 g/mol. The molecule has 0 aliphatic carbocycles. The first-order chi connectivity index (χ1) is 15.1. The van der Waals surface area contributed by atoms with E-state index in [0.29, 0.717) is 36.5 Å². The van der Waals surface area contributed by atoms with Crippen LogP contribution in [0.3, 0.4) is 0 Å². The Balaban J connectivity index is 5.60. The SMILES string of the molecule is C/C(=C/C(=O)CC(C)(C)C)[O][Ga]([O]/C(C)=C\C(=O)CC(C)(C)C)[O]/C(C)=C\C(=O)CC(C)(C)C. The average molecular weight is 535 g/mol. The molecule has 0 unspecified atom stereocenters. The molecule has 0 aliphatic heterocycles. The zero-order valence-corrected chi connectivity index (χ0v) is 25.8. The fraction of sp³-hybridized carbons (Fsp3) is 0.667. The van der Waals surface area contributed by atoms with Crippen LogP contribution in [0.1, 0.15) is 102 Å². The van der Waals surface area contributed by atoms with E-state index in [4.69, 9.17) is 10.6 Å². The van der Waals surface area contributed by atoms with Crippen molar-refractivity contribution < 1.29 is 25.0 Å². The van der Waals surface area contributed by atoms with Crippen molar-refractivity contribution in [2.45, 2.75) is 102 Å². The molecule has 0 rings (SSSR count). The summed E-state index contributed by atoms with van der Waals surface area (Å²) in [5.41, 5.74) is -0.413. The second kappa shape index (κ2) is 13.4. The Morgan fingerprint density at radius 1 is 0.529 bits per heavy atom. The molecule has 0 atom stereocenters. The van der Waals surface area contributed by atoms with E-state index in [-0.39, 0.29) is 33.6 Å². The first kappa shape index (κ1) is 32.3. The van der Waals surface area contributed by atoms with Crippen LogP contribution >= 0.6 is 0 Å². The van der Waals surface area contributed by atoms with Gasteiger partial charge in [0.15, 0.2) is 0 Å². The molecule has 0 aromatic rings. The van der Waals surface area contributed by atoms with Gasteiger partial charge in [-0.1, -0.05) is 0 Å². The normalized spacial score (nSPS) is 13.9. The van der Waals surface area contributed by atoms with Gasteiger partial charge in [0.25, 0.3) is 0 Å². The van der Waals surface area contributed by atoms with Crippen molar-refractivity contribution in [1.82, 2.24) is 0 Å². The molecule has 0 radical (unpaired) electrons. The Morgan fingerprint density at radius 2 is 0.735 bits per heavy atom. The summed E-state index contributed by atoms with van der Waals surface area (Å²) in [6.07, 6.45) is 5.49. The maximum absolute atomic E-state index is 12.3. The van der Waals surface area contributed by atoms with Crippen molar-refractivity contribution in [1.29, 1.82) is 0 Å². The minimum atomic E-state index is -3.48. The third-order valence-electron chi connectivity index (χ3n) is 4.05. The zero-order valence-electron chi connectivity index (χ0n) is 23.4. The van der Waals surface area contributed by atoms with Crippen LogP contribution in [0, 0.1) is 16.2 Å². The van der Waals surface area contributed by atoms with Gasteiger partial charge in [-0.05, 0) is 0 Å². The molecule has 0 bridgehead atoms. The Kier molecular flexibility index (Phi) is 12.7. The number of carbonyl (C=O) groups excluding carboxylic acids is 3. The van der Waals surface area contributed by atoms with Crippen molar-refractivity contribution in [3.8, 4) is 0 Å². The molecule has 0 amide bonds. The summed E-state index contributed by atoms with van der Waals surface area (Å²) in [6, 6.07) is 0. The van der Waals surface area contributed by atoms with Crippen molar-refractivity contribution in [3.05, 3.63) is 35.5 Å². The van der Waals surface area contributed by atoms with Crippen LogP contribution in [-0.4, -0.2) is 34.7 Å². The second-order valence-corrected chi connectivity index (χ2v) is 15.2. The van der Waals surface area contributed by atoms with Gasteiger partial charge in [0, 0.05) is 0 Å². The molecule has 0 aromatic heterocycles. The van der Waals surface area contributed by atoms with Crippen molar-refractivity contribution in [2.24, 2.45) is 16.2 Å². The summed E-state index contributed by atoms with van der Waals surface area (Å²) in [6.45, 7) is 23.0. The number of hydrogen-bond acceptors (Lipinski definition) is 6. The first-order valence-electron chi connectivity index (χ1n) is 11.8. The van der Waals surface area contributed by atoms with Crippen LogP contribution in [0.15, 0.2) is 35.5 Å². The topological polar surface area (TPSA) is 78.9 Å². The summed E-state index contributed by atoms with van der Waals surface area (Å²) in [4.78, 5) is 37.0. The van der Waals surface area contributed by atoms with Crippen LogP contribution in [0.25, 0.3) is 0 Å². The van der Waals surface area contributed by atoms with Crippen LogP contribution in [0.2, 0.25) is 0 Å². The predicted octanol–water partition coefficient (Wildman–Crippen LogP) is 6.75. The van der Waals surface area contributed by atoms with E-state index < -0.39 is 17.3 Å². The summed E-state index contributed by atoms with van der Waals surface area (Å²) >= 11 is -3.48. The molecule has 6 nitrogen and oxygen atoms in total.